The molecule has 0 aliphatic carbocycles. The third kappa shape index (κ3) is 4.86. The van der Waals surface area contributed by atoms with Gasteiger partial charge in [-0.3, -0.25) is 5.43 Å². The molecule has 6 heteroatoms. The van der Waals surface area contributed by atoms with Gasteiger partial charge in [-0.15, -0.1) is 0 Å². The van der Waals surface area contributed by atoms with E-state index >= 15 is 0 Å². The van der Waals surface area contributed by atoms with Crippen LogP contribution in [0.1, 0.15) is 23.6 Å². The normalized spacial score (nSPS) is 12.4. The number of alkyl halides is 2. The summed E-state index contributed by atoms with van der Waals surface area (Å²) in [6, 6.07) is 5.73. The zero-order chi connectivity index (χ0) is 15.0. The van der Waals surface area contributed by atoms with E-state index in [0.717, 1.165) is 17.5 Å². The molecular formula is C14H20F2N2O2. The Bertz CT molecular complexity index is 428. The Morgan fingerprint density at radius 2 is 2.05 bits per heavy atom. The Morgan fingerprint density at radius 3 is 2.60 bits per heavy atom. The van der Waals surface area contributed by atoms with Gasteiger partial charge in [-0.05, 0) is 23.1 Å². The summed E-state index contributed by atoms with van der Waals surface area (Å²) in [6.45, 7) is 5.72. The van der Waals surface area contributed by atoms with Crippen LogP contribution in [-0.4, -0.2) is 26.5 Å². The van der Waals surface area contributed by atoms with Crippen molar-refractivity contribution in [1.29, 1.82) is 0 Å². The topological polar surface area (TPSA) is 42.9 Å². The monoisotopic (exact) mass is 286 g/mol. The van der Waals surface area contributed by atoms with Gasteiger partial charge in [0.15, 0.2) is 0 Å². The predicted molar refractivity (Wildman–Crippen MR) is 73.8 cm³/mol. The Kier molecular flexibility index (Phi) is 7.11. The molecule has 1 aromatic carbocycles. The molecule has 0 saturated carbocycles. The van der Waals surface area contributed by atoms with Crippen LogP contribution < -0.4 is 5.43 Å². The van der Waals surface area contributed by atoms with E-state index in [1.807, 2.05) is 18.2 Å². The molecule has 0 fully saturated rings. The fourth-order valence-corrected chi connectivity index (χ4v) is 1.85. The summed E-state index contributed by atoms with van der Waals surface area (Å²) < 4.78 is 35.5. The first-order valence-corrected chi connectivity index (χ1v) is 6.33. The molecule has 0 spiro atoms. The van der Waals surface area contributed by atoms with E-state index < -0.39 is 12.7 Å². The zero-order valence-electron chi connectivity index (χ0n) is 11.7. The van der Waals surface area contributed by atoms with Crippen LogP contribution in [0.15, 0.2) is 23.3 Å². The van der Waals surface area contributed by atoms with E-state index in [9.17, 15) is 8.78 Å². The maximum Gasteiger partial charge on any atom is 0.283 e. The Balaban J connectivity index is 2.71. The van der Waals surface area contributed by atoms with Gasteiger partial charge in [0.2, 0.25) is 6.23 Å². The lowest BCUT2D eigenvalue weighted by Gasteiger charge is -2.17. The molecule has 1 rings (SSSR count). The van der Waals surface area contributed by atoms with Gasteiger partial charge >= 0.3 is 0 Å². The number of rotatable bonds is 9. The molecule has 0 amide bonds. The number of hydrogen-bond acceptors (Lipinski definition) is 4. The summed E-state index contributed by atoms with van der Waals surface area (Å²) in [7, 11) is 1.62. The predicted octanol–water partition coefficient (Wildman–Crippen LogP) is 2.71. The third-order valence-corrected chi connectivity index (χ3v) is 2.83. The number of hydrazone groups is 1. The number of benzene rings is 1. The lowest BCUT2D eigenvalue weighted by atomic mass is 10.0. The van der Waals surface area contributed by atoms with Crippen molar-refractivity contribution in [2.75, 3.05) is 7.11 Å². The van der Waals surface area contributed by atoms with E-state index in [1.165, 1.54) is 5.56 Å². The molecule has 0 aromatic heterocycles. The Morgan fingerprint density at radius 1 is 1.30 bits per heavy atom. The summed E-state index contributed by atoms with van der Waals surface area (Å²) in [5, 5.41) is 3.22. The summed E-state index contributed by atoms with van der Waals surface area (Å²) in [6.07, 6.45) is -3.24. The van der Waals surface area contributed by atoms with Gasteiger partial charge in [0.05, 0.1) is 13.2 Å². The van der Waals surface area contributed by atoms with E-state index in [4.69, 9.17) is 9.47 Å². The molecule has 1 atom stereocenters. The van der Waals surface area contributed by atoms with E-state index in [1.54, 1.807) is 7.11 Å². The highest BCUT2D eigenvalue weighted by Gasteiger charge is 2.20. The first-order valence-electron chi connectivity index (χ1n) is 6.33. The van der Waals surface area contributed by atoms with Gasteiger partial charge in [0.25, 0.3) is 6.43 Å². The molecular weight excluding hydrogens is 266 g/mol. The second-order valence-corrected chi connectivity index (χ2v) is 4.24. The molecule has 0 saturated heterocycles. The number of halogens is 2. The molecule has 0 aliphatic heterocycles. The van der Waals surface area contributed by atoms with E-state index in [2.05, 4.69) is 24.2 Å². The minimum Gasteiger partial charge on any atom is -0.380 e. The third-order valence-electron chi connectivity index (χ3n) is 2.83. The number of aryl methyl sites for hydroxylation is 1. The molecule has 1 unspecified atom stereocenters. The number of ether oxygens (including phenoxy) is 2. The molecule has 0 aliphatic rings. The van der Waals surface area contributed by atoms with E-state index in [0.29, 0.717) is 6.61 Å². The Labute approximate surface area is 117 Å². The molecule has 0 heterocycles. The van der Waals surface area contributed by atoms with Crippen LogP contribution in [0.4, 0.5) is 8.78 Å². The highest BCUT2D eigenvalue weighted by molar-refractivity contribution is 5.31. The fraction of sp³-hybridized carbons (Fsp3) is 0.500. The van der Waals surface area contributed by atoms with Crippen molar-refractivity contribution in [2.24, 2.45) is 5.10 Å². The van der Waals surface area contributed by atoms with Crippen LogP contribution in [-0.2, 0) is 29.1 Å². The van der Waals surface area contributed by atoms with Crippen LogP contribution in [0.5, 0.6) is 0 Å². The van der Waals surface area contributed by atoms with Gasteiger partial charge in [-0.2, -0.15) is 5.10 Å². The summed E-state index contributed by atoms with van der Waals surface area (Å²) in [5.74, 6) is 0. The molecule has 0 radical (unpaired) electrons. The standard InChI is InChI=1S/C14H20F2N2O2/c1-4-11-6-5-10(7-12(11)9-19-3)8-20-14(13(15)16)18-17-2/h5-7,13-14,18H,2,4,8-9H2,1,3H3. The maximum atomic E-state index is 12.6. The van der Waals surface area contributed by atoms with Gasteiger partial charge in [-0.25, -0.2) is 8.78 Å². The lowest BCUT2D eigenvalue weighted by molar-refractivity contribution is -0.0803. The first kappa shape index (κ1) is 16.5. The first-order chi connectivity index (χ1) is 9.62. The average Bonchev–Trinajstić information content (AvgIpc) is 2.43. The minimum atomic E-state index is -2.67. The number of methoxy groups -OCH3 is 1. The lowest BCUT2D eigenvalue weighted by Crippen LogP contribution is -2.34. The summed E-state index contributed by atoms with van der Waals surface area (Å²) in [4.78, 5) is 0. The molecule has 4 nitrogen and oxygen atoms in total. The van der Waals surface area contributed by atoms with Crippen LogP contribution in [0.25, 0.3) is 0 Å². The van der Waals surface area contributed by atoms with Crippen molar-refractivity contribution in [3.63, 3.8) is 0 Å². The minimum absolute atomic E-state index is 0.0677. The van der Waals surface area contributed by atoms with Crippen molar-refractivity contribution in [3.8, 4) is 0 Å². The maximum absolute atomic E-state index is 12.6. The highest BCUT2D eigenvalue weighted by Crippen LogP contribution is 2.16. The van der Waals surface area contributed by atoms with Crippen LogP contribution in [0.3, 0.4) is 0 Å². The number of nitrogens with one attached hydrogen (secondary N) is 1. The molecule has 1 aromatic rings. The van der Waals surface area contributed by atoms with Crippen molar-refractivity contribution in [2.45, 2.75) is 39.2 Å². The summed E-state index contributed by atoms with van der Waals surface area (Å²) >= 11 is 0. The van der Waals surface area contributed by atoms with Crippen LogP contribution in [0, 0.1) is 0 Å². The molecule has 112 valence electrons. The van der Waals surface area contributed by atoms with Gasteiger partial charge in [-0.1, -0.05) is 25.1 Å². The largest absolute Gasteiger partial charge is 0.380 e. The van der Waals surface area contributed by atoms with Crippen molar-refractivity contribution < 1.29 is 18.3 Å². The number of nitrogens with zero attached hydrogens (tertiary/aromatic N) is 1. The summed E-state index contributed by atoms with van der Waals surface area (Å²) in [5.41, 5.74) is 5.16. The van der Waals surface area contributed by atoms with Gasteiger partial charge < -0.3 is 9.47 Å². The number of hydrogen-bond donors (Lipinski definition) is 1. The quantitative estimate of drug-likeness (QED) is 0.431. The van der Waals surface area contributed by atoms with Crippen LogP contribution in [0.2, 0.25) is 0 Å². The van der Waals surface area contributed by atoms with Crippen molar-refractivity contribution in [3.05, 3.63) is 34.9 Å². The fourth-order valence-electron chi connectivity index (χ4n) is 1.85. The van der Waals surface area contributed by atoms with E-state index in [-0.39, 0.29) is 6.61 Å². The second-order valence-electron chi connectivity index (χ2n) is 4.24. The SMILES string of the molecule is C=NNC(OCc1ccc(CC)c(COC)c1)C(F)F. The van der Waals surface area contributed by atoms with Crippen molar-refractivity contribution in [1.82, 2.24) is 5.43 Å². The Hall–Kier alpha value is -1.53. The molecule has 1 N–H and O–H groups in total. The van der Waals surface area contributed by atoms with Gasteiger partial charge in [0.1, 0.15) is 0 Å². The highest BCUT2D eigenvalue weighted by atomic mass is 19.3. The average molecular weight is 286 g/mol. The molecule has 20 heavy (non-hydrogen) atoms. The smallest absolute Gasteiger partial charge is 0.283 e. The van der Waals surface area contributed by atoms with Gasteiger partial charge in [0, 0.05) is 13.8 Å². The zero-order valence-corrected chi connectivity index (χ0v) is 11.7. The van der Waals surface area contributed by atoms with Crippen molar-refractivity contribution >= 4 is 6.72 Å². The second kappa shape index (κ2) is 8.60. The molecule has 0 bridgehead atoms. The van der Waals surface area contributed by atoms with Crippen LogP contribution >= 0.6 is 0 Å².